The summed E-state index contributed by atoms with van der Waals surface area (Å²) in [6.45, 7) is 3.72. The van der Waals surface area contributed by atoms with Crippen LogP contribution in [0.1, 0.15) is 49.9 Å². The summed E-state index contributed by atoms with van der Waals surface area (Å²) in [4.78, 5) is 12.9. The van der Waals surface area contributed by atoms with E-state index in [9.17, 15) is 27.3 Å². The highest BCUT2D eigenvalue weighted by Gasteiger charge is 2.39. The van der Waals surface area contributed by atoms with E-state index in [2.05, 4.69) is 5.32 Å². The lowest BCUT2D eigenvalue weighted by Gasteiger charge is -2.24. The van der Waals surface area contributed by atoms with Crippen LogP contribution < -0.4 is 5.32 Å². The summed E-state index contributed by atoms with van der Waals surface area (Å²) in [6, 6.07) is 3.28. The summed E-state index contributed by atoms with van der Waals surface area (Å²) < 4.78 is 53.5. The fourth-order valence-electron chi connectivity index (χ4n) is 4.36. The van der Waals surface area contributed by atoms with Crippen LogP contribution in [-0.2, 0) is 10.8 Å². The first-order valence-corrected chi connectivity index (χ1v) is 11.8. The fraction of sp³-hybridized carbons (Fsp3) is 0.500. The Morgan fingerprint density at radius 3 is 2.68 bits per heavy atom. The van der Waals surface area contributed by atoms with Gasteiger partial charge in [0.2, 0.25) is 0 Å². The van der Waals surface area contributed by atoms with E-state index in [1.807, 2.05) is 6.92 Å². The highest BCUT2D eigenvalue weighted by molar-refractivity contribution is 7.85. The minimum absolute atomic E-state index is 0.0735. The lowest BCUT2D eigenvalue weighted by Crippen LogP contribution is -2.35. The minimum atomic E-state index is -1.55. The van der Waals surface area contributed by atoms with E-state index in [0.29, 0.717) is 11.3 Å². The Hall–Kier alpha value is -1.64. The van der Waals surface area contributed by atoms with E-state index in [4.69, 9.17) is 11.6 Å². The van der Waals surface area contributed by atoms with Crippen molar-refractivity contribution in [3.05, 3.63) is 52.3 Å². The highest BCUT2D eigenvalue weighted by Crippen LogP contribution is 2.40. The van der Waals surface area contributed by atoms with Crippen molar-refractivity contribution in [2.75, 3.05) is 0 Å². The third kappa shape index (κ3) is 5.41. The molecule has 170 valence electrons. The second kappa shape index (κ2) is 9.88. The first-order chi connectivity index (χ1) is 14.6. The van der Waals surface area contributed by atoms with E-state index < -0.39 is 52.8 Å². The molecule has 2 aliphatic rings. The highest BCUT2D eigenvalue weighted by atomic mass is 35.5. The monoisotopic (exact) mass is 475 g/mol. The average Bonchev–Trinajstić information content (AvgIpc) is 3.05. The number of allylic oxidation sites excluding steroid dienone is 2. The van der Waals surface area contributed by atoms with Gasteiger partial charge in [-0.05, 0) is 62.3 Å². The molecule has 6 atom stereocenters. The number of benzene rings is 1. The Kier molecular flexibility index (Phi) is 7.65. The van der Waals surface area contributed by atoms with Gasteiger partial charge in [-0.1, -0.05) is 18.5 Å². The molecule has 1 aromatic rings. The number of aliphatic hydroxyl groups is 1. The predicted molar refractivity (Wildman–Crippen MR) is 114 cm³/mol. The van der Waals surface area contributed by atoms with Crippen LogP contribution in [0, 0.1) is 11.8 Å². The molecular formula is C22H25ClF3NO3S. The van der Waals surface area contributed by atoms with Crippen molar-refractivity contribution in [1.29, 1.82) is 0 Å². The van der Waals surface area contributed by atoms with Crippen LogP contribution in [-0.4, -0.2) is 32.6 Å². The Morgan fingerprint density at radius 1 is 1.32 bits per heavy atom. The molecule has 1 aromatic carbocycles. The molecule has 9 heteroatoms. The zero-order chi connectivity index (χ0) is 22.9. The number of hydrogen-bond donors (Lipinski definition) is 2. The molecule has 1 amide bonds. The topological polar surface area (TPSA) is 66.4 Å². The van der Waals surface area contributed by atoms with Gasteiger partial charge in [0.1, 0.15) is 5.83 Å². The Labute approximate surface area is 187 Å². The van der Waals surface area contributed by atoms with Crippen LogP contribution in [0.25, 0.3) is 0 Å². The van der Waals surface area contributed by atoms with Gasteiger partial charge in [-0.3, -0.25) is 9.00 Å². The summed E-state index contributed by atoms with van der Waals surface area (Å²) in [5.41, 5.74) is 0.134. The summed E-state index contributed by atoms with van der Waals surface area (Å²) in [7, 11) is -1.51. The molecule has 0 aromatic heterocycles. The van der Waals surface area contributed by atoms with Gasteiger partial charge in [-0.15, -0.1) is 0 Å². The standard InChI is InChI=1S/C22H25ClF3NO3S/c1-11-3-4-13(7-12(2)28)21(11)31(30)19-8-14(5-6-16(19)23)22(29)27-15-9-17(24)20(26)18(25)10-15/h5-6,8-9,11-13,15,21,28H,3-4,7,10H2,1-2H3,(H,27,29). The molecule has 2 N–H and O–H groups in total. The number of hydrogen-bond acceptors (Lipinski definition) is 3. The summed E-state index contributed by atoms with van der Waals surface area (Å²) in [5, 5.41) is 12.3. The molecule has 0 saturated heterocycles. The van der Waals surface area contributed by atoms with Gasteiger partial charge in [0.05, 0.1) is 32.9 Å². The number of rotatable bonds is 6. The van der Waals surface area contributed by atoms with Crippen LogP contribution in [0.2, 0.25) is 5.02 Å². The molecule has 0 spiro atoms. The number of halogens is 4. The van der Waals surface area contributed by atoms with Gasteiger partial charge < -0.3 is 10.4 Å². The molecule has 4 nitrogen and oxygen atoms in total. The van der Waals surface area contributed by atoms with Crippen LogP contribution in [0.3, 0.4) is 0 Å². The Morgan fingerprint density at radius 2 is 2.03 bits per heavy atom. The second-order valence-corrected chi connectivity index (χ2v) is 10.3. The summed E-state index contributed by atoms with van der Waals surface area (Å²) >= 11 is 6.29. The molecule has 1 saturated carbocycles. The van der Waals surface area contributed by atoms with Crippen LogP contribution >= 0.6 is 11.6 Å². The molecule has 3 rings (SSSR count). The second-order valence-electron chi connectivity index (χ2n) is 8.32. The van der Waals surface area contributed by atoms with Gasteiger partial charge in [0, 0.05) is 17.2 Å². The maximum Gasteiger partial charge on any atom is 0.251 e. The molecule has 2 aliphatic carbocycles. The van der Waals surface area contributed by atoms with E-state index in [1.54, 1.807) is 6.92 Å². The van der Waals surface area contributed by atoms with Crippen molar-refractivity contribution in [3.8, 4) is 0 Å². The molecule has 0 bridgehead atoms. The number of aliphatic hydroxyl groups excluding tert-OH is 1. The number of amides is 1. The smallest absolute Gasteiger partial charge is 0.251 e. The Balaban J connectivity index is 1.80. The van der Waals surface area contributed by atoms with E-state index in [-0.39, 0.29) is 27.7 Å². The molecule has 31 heavy (non-hydrogen) atoms. The lowest BCUT2D eigenvalue weighted by atomic mass is 9.99. The molecule has 0 heterocycles. The van der Waals surface area contributed by atoms with Gasteiger partial charge in [0.15, 0.2) is 11.7 Å². The predicted octanol–water partition coefficient (Wildman–Crippen LogP) is 5.14. The van der Waals surface area contributed by atoms with Crippen molar-refractivity contribution >= 4 is 28.3 Å². The maximum absolute atomic E-state index is 13.5. The molecule has 0 radical (unpaired) electrons. The zero-order valence-electron chi connectivity index (χ0n) is 17.2. The van der Waals surface area contributed by atoms with E-state index in [0.717, 1.165) is 18.9 Å². The SMILES string of the molecule is CC(O)CC1CCC(C)C1S(=O)c1cc(C(=O)NC2C=C(F)C(F)=C(F)C2)ccc1Cl. The van der Waals surface area contributed by atoms with Gasteiger partial charge >= 0.3 is 0 Å². The first kappa shape index (κ1) is 24.0. The zero-order valence-corrected chi connectivity index (χ0v) is 18.8. The molecule has 1 fully saturated rings. The third-order valence-electron chi connectivity index (χ3n) is 5.83. The molecule has 0 aliphatic heterocycles. The quantitative estimate of drug-likeness (QED) is 0.598. The van der Waals surface area contributed by atoms with Crippen molar-refractivity contribution in [1.82, 2.24) is 5.32 Å². The molecule has 6 unspecified atom stereocenters. The fourth-order valence-corrected chi connectivity index (χ4v) is 6.65. The van der Waals surface area contributed by atoms with E-state index >= 15 is 0 Å². The minimum Gasteiger partial charge on any atom is -0.393 e. The number of carbonyl (C=O) groups is 1. The lowest BCUT2D eigenvalue weighted by molar-refractivity contribution is 0.0942. The normalized spacial score (nSPS) is 28.3. The van der Waals surface area contributed by atoms with Gasteiger partial charge in [-0.25, -0.2) is 13.2 Å². The van der Waals surface area contributed by atoms with Gasteiger partial charge in [-0.2, -0.15) is 0 Å². The molecular weight excluding hydrogens is 451 g/mol. The summed E-state index contributed by atoms with van der Waals surface area (Å²) in [6.07, 6.45) is 2.10. The first-order valence-electron chi connectivity index (χ1n) is 10.2. The van der Waals surface area contributed by atoms with Crippen molar-refractivity contribution in [2.24, 2.45) is 11.8 Å². The third-order valence-corrected chi connectivity index (χ3v) is 8.39. The van der Waals surface area contributed by atoms with Crippen LogP contribution in [0.15, 0.2) is 46.7 Å². The van der Waals surface area contributed by atoms with Crippen LogP contribution in [0.4, 0.5) is 13.2 Å². The maximum atomic E-state index is 13.5. The number of nitrogens with one attached hydrogen (secondary N) is 1. The van der Waals surface area contributed by atoms with Gasteiger partial charge in [0.25, 0.3) is 5.91 Å². The van der Waals surface area contributed by atoms with E-state index in [1.165, 1.54) is 18.2 Å². The Bertz CT molecular complexity index is 950. The van der Waals surface area contributed by atoms with Crippen molar-refractivity contribution < 1.29 is 27.3 Å². The summed E-state index contributed by atoms with van der Waals surface area (Å²) in [5.74, 6) is -4.57. The number of carbonyl (C=O) groups excluding carboxylic acids is 1. The van der Waals surface area contributed by atoms with Crippen LogP contribution in [0.5, 0.6) is 0 Å². The van der Waals surface area contributed by atoms with Crippen molar-refractivity contribution in [3.63, 3.8) is 0 Å². The largest absolute Gasteiger partial charge is 0.393 e. The average molecular weight is 476 g/mol. The van der Waals surface area contributed by atoms with Crippen molar-refractivity contribution in [2.45, 2.75) is 61.8 Å².